The second kappa shape index (κ2) is 6.00. The highest BCUT2D eigenvalue weighted by molar-refractivity contribution is 9.10. The molecule has 0 spiro atoms. The maximum absolute atomic E-state index is 11.8. The van der Waals surface area contributed by atoms with Crippen molar-refractivity contribution in [3.05, 3.63) is 34.3 Å². The van der Waals surface area contributed by atoms with Crippen molar-refractivity contribution >= 4 is 27.8 Å². The summed E-state index contributed by atoms with van der Waals surface area (Å²) in [5.41, 5.74) is -0.0245. The van der Waals surface area contributed by atoms with Crippen molar-refractivity contribution in [3.8, 4) is 0 Å². The molecule has 98 valence electrons. The largest absolute Gasteiger partial charge is 0.444 e. The van der Waals surface area contributed by atoms with Crippen molar-refractivity contribution < 1.29 is 14.3 Å². The van der Waals surface area contributed by atoms with E-state index in [4.69, 9.17) is 4.74 Å². The second-order valence-electron chi connectivity index (χ2n) is 4.79. The predicted molar refractivity (Wildman–Crippen MR) is 72.7 cm³/mol. The molecular formula is C13H16BrNO3. The summed E-state index contributed by atoms with van der Waals surface area (Å²) in [6.07, 6.45) is -0.592. The molecule has 0 saturated carbocycles. The summed E-state index contributed by atoms with van der Waals surface area (Å²) in [5, 5.41) is 2.43. The number of carbonyl (C=O) groups excluding carboxylic acids is 2. The van der Waals surface area contributed by atoms with Crippen LogP contribution in [0.25, 0.3) is 0 Å². The Morgan fingerprint density at radius 1 is 1.33 bits per heavy atom. The van der Waals surface area contributed by atoms with Gasteiger partial charge in [0.05, 0.1) is 6.54 Å². The van der Waals surface area contributed by atoms with Gasteiger partial charge in [-0.2, -0.15) is 0 Å². The van der Waals surface area contributed by atoms with Crippen LogP contribution in [-0.4, -0.2) is 24.0 Å². The molecule has 1 aromatic carbocycles. The van der Waals surface area contributed by atoms with Crippen LogP contribution in [0.15, 0.2) is 28.7 Å². The van der Waals surface area contributed by atoms with E-state index in [-0.39, 0.29) is 12.3 Å². The van der Waals surface area contributed by atoms with Crippen molar-refractivity contribution in [3.63, 3.8) is 0 Å². The third-order valence-electron chi connectivity index (χ3n) is 1.94. The van der Waals surface area contributed by atoms with Crippen molar-refractivity contribution in [2.75, 3.05) is 6.54 Å². The van der Waals surface area contributed by atoms with E-state index < -0.39 is 11.7 Å². The average Bonchev–Trinajstić information content (AvgIpc) is 2.23. The zero-order valence-corrected chi connectivity index (χ0v) is 12.2. The van der Waals surface area contributed by atoms with Gasteiger partial charge in [0.1, 0.15) is 5.60 Å². The van der Waals surface area contributed by atoms with E-state index >= 15 is 0 Å². The summed E-state index contributed by atoms with van der Waals surface area (Å²) in [6, 6.07) is 7.01. The lowest BCUT2D eigenvalue weighted by Crippen LogP contribution is -2.35. The Hall–Kier alpha value is -1.36. The summed E-state index contributed by atoms with van der Waals surface area (Å²) < 4.78 is 5.86. The van der Waals surface area contributed by atoms with Crippen LogP contribution in [0.3, 0.4) is 0 Å². The van der Waals surface area contributed by atoms with Crippen LogP contribution < -0.4 is 5.32 Å². The van der Waals surface area contributed by atoms with Gasteiger partial charge in [0.2, 0.25) is 0 Å². The number of ketones is 1. The number of carbonyl (C=O) groups is 2. The van der Waals surface area contributed by atoms with Gasteiger partial charge in [-0.05, 0) is 32.9 Å². The van der Waals surface area contributed by atoms with Gasteiger partial charge in [-0.25, -0.2) is 4.79 Å². The van der Waals surface area contributed by atoms with Crippen LogP contribution in [0.4, 0.5) is 4.79 Å². The molecule has 4 nitrogen and oxygen atoms in total. The minimum absolute atomic E-state index is 0.0780. The van der Waals surface area contributed by atoms with E-state index in [2.05, 4.69) is 21.2 Å². The third-order valence-corrected chi connectivity index (χ3v) is 2.43. The average molecular weight is 314 g/mol. The predicted octanol–water partition coefficient (Wildman–Crippen LogP) is 3.16. The zero-order valence-electron chi connectivity index (χ0n) is 10.6. The first-order valence-corrected chi connectivity index (χ1v) is 6.33. The highest BCUT2D eigenvalue weighted by Gasteiger charge is 2.16. The van der Waals surface area contributed by atoms with E-state index in [0.29, 0.717) is 5.56 Å². The second-order valence-corrected chi connectivity index (χ2v) is 5.70. The molecule has 0 radical (unpaired) electrons. The minimum atomic E-state index is -0.592. The van der Waals surface area contributed by atoms with E-state index in [1.807, 2.05) is 6.07 Å². The lowest BCUT2D eigenvalue weighted by atomic mass is 10.1. The Morgan fingerprint density at radius 3 is 2.56 bits per heavy atom. The SMILES string of the molecule is CC(C)(C)OC(=O)NCC(=O)c1cccc(Br)c1. The minimum Gasteiger partial charge on any atom is -0.444 e. The normalized spacial score (nSPS) is 10.9. The van der Waals surface area contributed by atoms with E-state index in [1.165, 1.54) is 0 Å². The molecule has 1 aromatic rings. The number of rotatable bonds is 3. The van der Waals surface area contributed by atoms with E-state index in [0.717, 1.165) is 4.47 Å². The highest BCUT2D eigenvalue weighted by Crippen LogP contribution is 2.12. The number of benzene rings is 1. The first-order valence-electron chi connectivity index (χ1n) is 5.53. The van der Waals surface area contributed by atoms with Gasteiger partial charge in [-0.15, -0.1) is 0 Å². The lowest BCUT2D eigenvalue weighted by Gasteiger charge is -2.19. The third kappa shape index (κ3) is 5.31. The van der Waals surface area contributed by atoms with Crippen LogP contribution in [0.2, 0.25) is 0 Å². The number of hydrogen-bond donors (Lipinski definition) is 1. The molecule has 1 amide bonds. The maximum atomic E-state index is 11.8. The van der Waals surface area contributed by atoms with E-state index in [1.54, 1.807) is 39.0 Å². The molecule has 1 N–H and O–H groups in total. The number of nitrogens with one attached hydrogen (secondary N) is 1. The summed E-state index contributed by atoms with van der Waals surface area (Å²) in [6.45, 7) is 5.22. The van der Waals surface area contributed by atoms with Gasteiger partial charge in [0.25, 0.3) is 0 Å². The Labute approximate surface area is 115 Å². The van der Waals surface area contributed by atoms with Gasteiger partial charge in [0.15, 0.2) is 5.78 Å². The Bertz CT molecular complexity index is 452. The monoisotopic (exact) mass is 313 g/mol. The number of halogens is 1. The molecular weight excluding hydrogens is 298 g/mol. The number of alkyl carbamates (subject to hydrolysis) is 1. The summed E-state index contributed by atoms with van der Waals surface area (Å²) in [4.78, 5) is 23.1. The number of ether oxygens (including phenoxy) is 1. The summed E-state index contributed by atoms with van der Waals surface area (Å²) >= 11 is 3.29. The summed E-state index contributed by atoms with van der Waals surface area (Å²) in [5.74, 6) is -0.165. The Morgan fingerprint density at radius 2 is 2.00 bits per heavy atom. The van der Waals surface area contributed by atoms with Gasteiger partial charge >= 0.3 is 6.09 Å². The van der Waals surface area contributed by atoms with Crippen molar-refractivity contribution in [1.29, 1.82) is 0 Å². The van der Waals surface area contributed by atoms with E-state index in [9.17, 15) is 9.59 Å². The molecule has 5 heteroatoms. The molecule has 0 aliphatic rings. The van der Waals surface area contributed by atoms with Crippen LogP contribution in [-0.2, 0) is 4.74 Å². The fraction of sp³-hybridized carbons (Fsp3) is 0.385. The lowest BCUT2D eigenvalue weighted by molar-refractivity contribution is 0.0520. The molecule has 0 heterocycles. The molecule has 0 atom stereocenters. The molecule has 0 unspecified atom stereocenters. The smallest absolute Gasteiger partial charge is 0.408 e. The summed E-state index contributed by atoms with van der Waals surface area (Å²) in [7, 11) is 0. The number of Topliss-reactive ketones (excluding diaryl/α,β-unsaturated/α-hetero) is 1. The standard InChI is InChI=1S/C13H16BrNO3/c1-13(2,3)18-12(17)15-8-11(16)9-5-4-6-10(14)7-9/h4-7H,8H2,1-3H3,(H,15,17). The zero-order chi connectivity index (χ0) is 13.8. The first kappa shape index (κ1) is 14.7. The number of amides is 1. The van der Waals surface area contributed by atoms with Gasteiger partial charge < -0.3 is 10.1 Å². The molecule has 0 aliphatic carbocycles. The Kier molecular flexibility index (Phi) is 4.90. The fourth-order valence-electron chi connectivity index (χ4n) is 1.23. The van der Waals surface area contributed by atoms with Gasteiger partial charge in [-0.3, -0.25) is 4.79 Å². The van der Waals surface area contributed by atoms with Gasteiger partial charge in [0, 0.05) is 10.0 Å². The molecule has 0 fully saturated rings. The van der Waals surface area contributed by atoms with Crippen molar-refractivity contribution in [2.24, 2.45) is 0 Å². The highest BCUT2D eigenvalue weighted by atomic mass is 79.9. The molecule has 18 heavy (non-hydrogen) atoms. The molecule has 0 aliphatic heterocycles. The molecule has 0 bridgehead atoms. The Balaban J connectivity index is 2.49. The van der Waals surface area contributed by atoms with Gasteiger partial charge in [-0.1, -0.05) is 28.1 Å². The molecule has 1 rings (SSSR count). The first-order chi connectivity index (χ1) is 8.28. The quantitative estimate of drug-likeness (QED) is 0.872. The van der Waals surface area contributed by atoms with Crippen LogP contribution >= 0.6 is 15.9 Å². The topological polar surface area (TPSA) is 55.4 Å². The maximum Gasteiger partial charge on any atom is 0.408 e. The van der Waals surface area contributed by atoms with Crippen molar-refractivity contribution in [2.45, 2.75) is 26.4 Å². The van der Waals surface area contributed by atoms with Crippen molar-refractivity contribution in [1.82, 2.24) is 5.32 Å². The van der Waals surface area contributed by atoms with Crippen LogP contribution in [0, 0.1) is 0 Å². The number of hydrogen-bond acceptors (Lipinski definition) is 3. The van der Waals surface area contributed by atoms with Crippen LogP contribution in [0.5, 0.6) is 0 Å². The van der Waals surface area contributed by atoms with Crippen LogP contribution in [0.1, 0.15) is 31.1 Å². The molecule has 0 aromatic heterocycles. The molecule has 0 saturated heterocycles. The fourth-order valence-corrected chi connectivity index (χ4v) is 1.63.